The summed E-state index contributed by atoms with van der Waals surface area (Å²) in [7, 11) is 0. The van der Waals surface area contributed by atoms with Crippen molar-refractivity contribution in [1.82, 2.24) is 9.55 Å². The van der Waals surface area contributed by atoms with Gasteiger partial charge >= 0.3 is 6.18 Å². The number of alkyl halides is 3. The molecule has 0 aliphatic heterocycles. The number of nitrogens with zero attached hydrogens (tertiary/aromatic N) is 2. The molecular weight excluding hydrogens is 439 g/mol. The van der Waals surface area contributed by atoms with Crippen molar-refractivity contribution in [2.45, 2.75) is 38.9 Å². The van der Waals surface area contributed by atoms with E-state index in [0.717, 1.165) is 47.3 Å². The van der Waals surface area contributed by atoms with Crippen molar-refractivity contribution in [3.63, 3.8) is 0 Å². The van der Waals surface area contributed by atoms with E-state index in [2.05, 4.69) is 5.32 Å². The number of nitrogens with one attached hydrogen (secondary N) is 1. The Labute approximate surface area is 195 Å². The molecule has 1 aliphatic rings. The number of carbonyl (C=O) groups excluding carboxylic acids is 1. The van der Waals surface area contributed by atoms with Crippen molar-refractivity contribution in [1.29, 1.82) is 0 Å². The molecule has 7 heteroatoms. The molecule has 3 aromatic carbocycles. The maximum atomic E-state index is 13.7. The molecule has 4 aromatic rings. The molecule has 34 heavy (non-hydrogen) atoms. The first-order chi connectivity index (χ1) is 16.2. The fourth-order valence-corrected chi connectivity index (χ4v) is 4.50. The third kappa shape index (κ3) is 4.06. The van der Waals surface area contributed by atoms with E-state index >= 15 is 0 Å². The number of aryl methyl sites for hydroxylation is 2. The standard InChI is InChI=1S/C27H24F3N3O/c1-16-6-5-7-17(2)23(16)32-26(34)24(18-10-11-18)33-22-9-4-3-8-21(22)31-25(33)19-12-14-20(15-13-19)27(28,29)30/h3-9,12-15,18,24H,10-11H2,1-2H3,(H,32,34). The molecule has 1 heterocycles. The highest BCUT2D eigenvalue weighted by molar-refractivity contribution is 5.97. The molecule has 1 fully saturated rings. The third-order valence-corrected chi connectivity index (χ3v) is 6.41. The van der Waals surface area contributed by atoms with Gasteiger partial charge in [0, 0.05) is 11.3 Å². The molecule has 1 amide bonds. The Morgan fingerprint density at radius 1 is 0.971 bits per heavy atom. The minimum Gasteiger partial charge on any atom is -0.324 e. The first-order valence-electron chi connectivity index (χ1n) is 11.3. The molecule has 174 valence electrons. The van der Waals surface area contributed by atoms with Gasteiger partial charge in [0.05, 0.1) is 16.6 Å². The average Bonchev–Trinajstić information content (AvgIpc) is 3.56. The predicted octanol–water partition coefficient (Wildman–Crippen LogP) is 6.93. The number of benzene rings is 3. The average molecular weight is 464 g/mol. The number of anilines is 1. The van der Waals surface area contributed by atoms with Gasteiger partial charge in [0.15, 0.2) is 0 Å². The van der Waals surface area contributed by atoms with Gasteiger partial charge in [0.2, 0.25) is 5.91 Å². The van der Waals surface area contributed by atoms with Gasteiger partial charge in [-0.15, -0.1) is 0 Å². The van der Waals surface area contributed by atoms with Crippen LogP contribution in [0.5, 0.6) is 0 Å². The van der Waals surface area contributed by atoms with Crippen LogP contribution in [0.25, 0.3) is 22.4 Å². The Kier molecular flexibility index (Phi) is 5.42. The van der Waals surface area contributed by atoms with Gasteiger partial charge in [-0.3, -0.25) is 4.79 Å². The summed E-state index contributed by atoms with van der Waals surface area (Å²) in [5.74, 6) is 0.481. The van der Waals surface area contributed by atoms with Gasteiger partial charge in [0.1, 0.15) is 11.9 Å². The zero-order chi connectivity index (χ0) is 24.0. The van der Waals surface area contributed by atoms with E-state index in [4.69, 9.17) is 4.98 Å². The summed E-state index contributed by atoms with van der Waals surface area (Å²) in [6.07, 6.45) is -2.60. The Morgan fingerprint density at radius 3 is 2.24 bits per heavy atom. The van der Waals surface area contributed by atoms with Crippen LogP contribution in [0, 0.1) is 19.8 Å². The van der Waals surface area contributed by atoms with Gasteiger partial charge in [-0.25, -0.2) is 4.98 Å². The quantitative estimate of drug-likeness (QED) is 0.349. The third-order valence-electron chi connectivity index (χ3n) is 6.41. The van der Waals surface area contributed by atoms with Crippen molar-refractivity contribution < 1.29 is 18.0 Å². The second-order valence-corrected chi connectivity index (χ2v) is 8.91. The summed E-state index contributed by atoms with van der Waals surface area (Å²) in [5, 5.41) is 3.12. The second kappa shape index (κ2) is 8.31. The van der Waals surface area contributed by atoms with Crippen LogP contribution in [0.15, 0.2) is 66.7 Å². The summed E-state index contributed by atoms with van der Waals surface area (Å²) in [6, 6.07) is 17.8. The number of amides is 1. The van der Waals surface area contributed by atoms with Gasteiger partial charge in [-0.2, -0.15) is 13.2 Å². The van der Waals surface area contributed by atoms with Crippen molar-refractivity contribution in [3.8, 4) is 11.4 Å². The van der Waals surface area contributed by atoms with E-state index in [1.54, 1.807) is 0 Å². The Balaban J connectivity index is 1.62. The zero-order valence-electron chi connectivity index (χ0n) is 18.9. The van der Waals surface area contributed by atoms with Gasteiger partial charge in [0.25, 0.3) is 0 Å². The number of para-hydroxylation sites is 3. The molecule has 4 nitrogen and oxygen atoms in total. The van der Waals surface area contributed by atoms with E-state index in [-0.39, 0.29) is 11.8 Å². The SMILES string of the molecule is Cc1cccc(C)c1NC(=O)C(C1CC1)n1c(-c2ccc(C(F)(F)F)cc2)nc2ccccc21. The molecule has 1 N–H and O–H groups in total. The number of hydrogen-bond donors (Lipinski definition) is 1. The first-order valence-corrected chi connectivity index (χ1v) is 11.3. The summed E-state index contributed by atoms with van der Waals surface area (Å²) in [6.45, 7) is 3.91. The number of imidazole rings is 1. The van der Waals surface area contributed by atoms with Crippen molar-refractivity contribution in [2.75, 3.05) is 5.32 Å². The highest BCUT2D eigenvalue weighted by Crippen LogP contribution is 2.44. The maximum Gasteiger partial charge on any atom is 0.416 e. The molecule has 1 unspecified atom stereocenters. The summed E-state index contributed by atoms with van der Waals surface area (Å²) in [5.41, 5.74) is 4.04. The summed E-state index contributed by atoms with van der Waals surface area (Å²) < 4.78 is 41.2. The molecule has 1 saturated carbocycles. The lowest BCUT2D eigenvalue weighted by atomic mass is 10.1. The molecule has 0 bridgehead atoms. The largest absolute Gasteiger partial charge is 0.416 e. The number of fused-ring (bicyclic) bond motifs is 1. The van der Waals surface area contributed by atoms with Crippen molar-refractivity contribution >= 4 is 22.6 Å². The van der Waals surface area contributed by atoms with Crippen LogP contribution in [0.1, 0.15) is 35.6 Å². The smallest absolute Gasteiger partial charge is 0.324 e. The Morgan fingerprint density at radius 2 is 1.62 bits per heavy atom. The zero-order valence-corrected chi connectivity index (χ0v) is 18.9. The van der Waals surface area contributed by atoms with E-state index in [1.165, 1.54) is 12.1 Å². The van der Waals surface area contributed by atoms with Gasteiger partial charge in [-0.05, 0) is 68.0 Å². The molecule has 1 aromatic heterocycles. The molecule has 0 saturated heterocycles. The molecular formula is C27H24F3N3O. The van der Waals surface area contributed by atoms with E-state index in [1.807, 2.05) is 60.9 Å². The van der Waals surface area contributed by atoms with Crippen LogP contribution in [-0.2, 0) is 11.0 Å². The van der Waals surface area contributed by atoms with Crippen molar-refractivity contribution in [2.24, 2.45) is 5.92 Å². The molecule has 1 aliphatic carbocycles. The highest BCUT2D eigenvalue weighted by Gasteiger charge is 2.40. The summed E-state index contributed by atoms with van der Waals surface area (Å²) in [4.78, 5) is 18.4. The van der Waals surface area contributed by atoms with Crippen LogP contribution < -0.4 is 5.32 Å². The topological polar surface area (TPSA) is 46.9 Å². The molecule has 0 radical (unpaired) electrons. The number of halogens is 3. The fourth-order valence-electron chi connectivity index (χ4n) is 4.50. The Bertz CT molecular complexity index is 1350. The second-order valence-electron chi connectivity index (χ2n) is 8.91. The minimum atomic E-state index is -4.42. The lowest BCUT2D eigenvalue weighted by Crippen LogP contribution is -2.28. The number of hydrogen-bond acceptors (Lipinski definition) is 2. The molecule has 0 spiro atoms. The van der Waals surface area contributed by atoms with Crippen LogP contribution in [0.3, 0.4) is 0 Å². The van der Waals surface area contributed by atoms with Crippen LogP contribution in [0.4, 0.5) is 18.9 Å². The minimum absolute atomic E-state index is 0.134. The van der Waals surface area contributed by atoms with Gasteiger partial charge in [-0.1, -0.05) is 42.5 Å². The number of aromatic nitrogens is 2. The fraction of sp³-hybridized carbons (Fsp3) is 0.259. The summed E-state index contributed by atoms with van der Waals surface area (Å²) >= 11 is 0. The maximum absolute atomic E-state index is 13.7. The Hall–Kier alpha value is -3.61. The normalized spacial score (nSPS) is 14.9. The lowest BCUT2D eigenvalue weighted by molar-refractivity contribution is -0.137. The van der Waals surface area contributed by atoms with Crippen molar-refractivity contribution in [3.05, 3.63) is 83.4 Å². The monoisotopic (exact) mass is 463 g/mol. The molecule has 5 rings (SSSR count). The van der Waals surface area contributed by atoms with Crippen LogP contribution >= 0.6 is 0 Å². The highest BCUT2D eigenvalue weighted by atomic mass is 19.4. The van der Waals surface area contributed by atoms with Gasteiger partial charge < -0.3 is 9.88 Å². The number of rotatable bonds is 5. The lowest BCUT2D eigenvalue weighted by Gasteiger charge is -2.22. The van der Waals surface area contributed by atoms with Crippen LogP contribution in [-0.4, -0.2) is 15.5 Å². The van der Waals surface area contributed by atoms with E-state index in [0.29, 0.717) is 16.9 Å². The van der Waals surface area contributed by atoms with Crippen LogP contribution in [0.2, 0.25) is 0 Å². The molecule has 1 atom stereocenters. The van der Waals surface area contributed by atoms with E-state index < -0.39 is 17.8 Å². The predicted molar refractivity (Wildman–Crippen MR) is 126 cm³/mol. The first kappa shape index (κ1) is 22.2. The number of carbonyl (C=O) groups is 1. The van der Waals surface area contributed by atoms with E-state index in [9.17, 15) is 18.0 Å².